The van der Waals surface area contributed by atoms with Crippen LogP contribution in [0, 0.1) is 6.92 Å². The number of aromatic nitrogens is 3. The van der Waals surface area contributed by atoms with Crippen molar-refractivity contribution in [2.24, 2.45) is 0 Å². The predicted octanol–water partition coefficient (Wildman–Crippen LogP) is 4.27. The molecule has 0 aliphatic heterocycles. The first-order chi connectivity index (χ1) is 10.2. The SMILES string of the molecule is CCCCC(CC)c1ccc(-n2cnc(C)c2)c(OC)n1. The molecule has 0 spiro atoms. The molecule has 1 atom stereocenters. The van der Waals surface area contributed by atoms with E-state index >= 15 is 0 Å². The highest BCUT2D eigenvalue weighted by Gasteiger charge is 2.14. The molecule has 0 saturated carbocycles. The maximum absolute atomic E-state index is 5.49. The van der Waals surface area contributed by atoms with Crippen LogP contribution in [-0.2, 0) is 0 Å². The van der Waals surface area contributed by atoms with Crippen molar-refractivity contribution in [3.05, 3.63) is 36.0 Å². The first kappa shape index (κ1) is 15.5. The highest BCUT2D eigenvalue weighted by atomic mass is 16.5. The van der Waals surface area contributed by atoms with Gasteiger partial charge in [-0.05, 0) is 31.9 Å². The molecule has 0 fully saturated rings. The van der Waals surface area contributed by atoms with Gasteiger partial charge < -0.3 is 9.30 Å². The van der Waals surface area contributed by atoms with E-state index in [2.05, 4.69) is 31.0 Å². The zero-order chi connectivity index (χ0) is 15.2. The van der Waals surface area contributed by atoms with Gasteiger partial charge in [-0.3, -0.25) is 0 Å². The number of hydrogen-bond donors (Lipinski definition) is 0. The molecule has 2 aromatic rings. The second-order valence-corrected chi connectivity index (χ2v) is 5.43. The molecule has 0 aliphatic rings. The third kappa shape index (κ3) is 3.63. The number of unbranched alkanes of at least 4 members (excludes halogenated alkanes) is 1. The van der Waals surface area contributed by atoms with Crippen LogP contribution < -0.4 is 4.74 Å². The van der Waals surface area contributed by atoms with Gasteiger partial charge in [-0.15, -0.1) is 0 Å². The van der Waals surface area contributed by atoms with Crippen molar-refractivity contribution in [1.82, 2.24) is 14.5 Å². The number of pyridine rings is 1. The fraction of sp³-hybridized carbons (Fsp3) is 0.529. The minimum atomic E-state index is 0.512. The van der Waals surface area contributed by atoms with Crippen molar-refractivity contribution in [1.29, 1.82) is 0 Å². The largest absolute Gasteiger partial charge is 0.479 e. The van der Waals surface area contributed by atoms with Gasteiger partial charge in [-0.1, -0.05) is 26.7 Å². The number of methoxy groups -OCH3 is 1. The van der Waals surface area contributed by atoms with Gasteiger partial charge in [-0.25, -0.2) is 9.97 Å². The van der Waals surface area contributed by atoms with Gasteiger partial charge in [0.2, 0.25) is 5.88 Å². The van der Waals surface area contributed by atoms with E-state index in [1.165, 1.54) is 19.3 Å². The van der Waals surface area contributed by atoms with Crippen molar-refractivity contribution >= 4 is 0 Å². The topological polar surface area (TPSA) is 39.9 Å². The number of rotatable bonds is 7. The third-order valence-electron chi connectivity index (χ3n) is 3.86. The lowest BCUT2D eigenvalue weighted by molar-refractivity contribution is 0.391. The zero-order valence-corrected chi connectivity index (χ0v) is 13.5. The second kappa shape index (κ2) is 7.25. The number of ether oxygens (including phenoxy) is 1. The Morgan fingerprint density at radius 1 is 1.29 bits per heavy atom. The van der Waals surface area contributed by atoms with E-state index in [4.69, 9.17) is 9.72 Å². The summed E-state index contributed by atoms with van der Waals surface area (Å²) in [5, 5.41) is 0. The number of nitrogens with zero attached hydrogens (tertiary/aromatic N) is 3. The first-order valence-corrected chi connectivity index (χ1v) is 7.75. The van der Waals surface area contributed by atoms with Crippen molar-refractivity contribution in [2.45, 2.75) is 52.4 Å². The number of aryl methyl sites for hydroxylation is 1. The number of hydrogen-bond acceptors (Lipinski definition) is 3. The normalized spacial score (nSPS) is 12.4. The summed E-state index contributed by atoms with van der Waals surface area (Å²) in [7, 11) is 1.67. The van der Waals surface area contributed by atoms with Gasteiger partial charge >= 0.3 is 0 Å². The molecule has 2 heterocycles. The molecule has 0 saturated heterocycles. The van der Waals surface area contributed by atoms with Crippen LogP contribution in [0.3, 0.4) is 0 Å². The highest BCUT2D eigenvalue weighted by Crippen LogP contribution is 2.28. The van der Waals surface area contributed by atoms with E-state index in [1.54, 1.807) is 13.4 Å². The molecule has 0 radical (unpaired) electrons. The fourth-order valence-corrected chi connectivity index (χ4v) is 2.59. The Morgan fingerprint density at radius 3 is 2.67 bits per heavy atom. The predicted molar refractivity (Wildman–Crippen MR) is 85.2 cm³/mol. The summed E-state index contributed by atoms with van der Waals surface area (Å²) in [6, 6.07) is 4.20. The summed E-state index contributed by atoms with van der Waals surface area (Å²) in [4.78, 5) is 8.99. The van der Waals surface area contributed by atoms with Crippen molar-refractivity contribution < 1.29 is 4.74 Å². The highest BCUT2D eigenvalue weighted by molar-refractivity contribution is 5.43. The Hall–Kier alpha value is -1.84. The van der Waals surface area contributed by atoms with Crippen LogP contribution in [-0.4, -0.2) is 21.6 Å². The van der Waals surface area contributed by atoms with Crippen LogP contribution in [0.5, 0.6) is 5.88 Å². The molecule has 21 heavy (non-hydrogen) atoms. The summed E-state index contributed by atoms with van der Waals surface area (Å²) in [6.45, 7) is 6.43. The minimum Gasteiger partial charge on any atom is -0.479 e. The molecule has 4 nitrogen and oxygen atoms in total. The van der Waals surface area contributed by atoms with E-state index in [-0.39, 0.29) is 0 Å². The molecule has 0 amide bonds. The molecule has 0 N–H and O–H groups in total. The lowest BCUT2D eigenvalue weighted by atomic mass is 9.95. The average molecular weight is 287 g/mol. The second-order valence-electron chi connectivity index (χ2n) is 5.43. The summed E-state index contributed by atoms with van der Waals surface area (Å²) in [6.07, 6.45) is 8.54. The van der Waals surface area contributed by atoms with Gasteiger partial charge in [0.15, 0.2) is 0 Å². The van der Waals surface area contributed by atoms with Gasteiger partial charge in [-0.2, -0.15) is 0 Å². The molecule has 114 valence electrons. The molecule has 0 aromatic carbocycles. The molecular weight excluding hydrogens is 262 g/mol. The maximum Gasteiger partial charge on any atom is 0.238 e. The summed E-state index contributed by atoms with van der Waals surface area (Å²) >= 11 is 0. The monoisotopic (exact) mass is 287 g/mol. The van der Waals surface area contributed by atoms with E-state index in [0.29, 0.717) is 11.8 Å². The van der Waals surface area contributed by atoms with E-state index in [9.17, 15) is 0 Å². The van der Waals surface area contributed by atoms with Crippen molar-refractivity contribution in [2.75, 3.05) is 7.11 Å². The van der Waals surface area contributed by atoms with Crippen LogP contribution in [0.1, 0.15) is 56.8 Å². The molecular formula is C17H25N3O. The van der Waals surface area contributed by atoms with Crippen LogP contribution >= 0.6 is 0 Å². The standard InChI is InChI=1S/C17H25N3O/c1-5-7-8-14(6-2)15-9-10-16(17(19-15)21-4)20-11-13(3)18-12-20/h9-12,14H,5-8H2,1-4H3. The molecule has 1 unspecified atom stereocenters. The smallest absolute Gasteiger partial charge is 0.238 e. The minimum absolute atomic E-state index is 0.512. The average Bonchev–Trinajstić information content (AvgIpc) is 2.94. The molecule has 2 rings (SSSR count). The summed E-state index contributed by atoms with van der Waals surface area (Å²) < 4.78 is 7.45. The molecule has 0 aliphatic carbocycles. The van der Waals surface area contributed by atoms with Crippen molar-refractivity contribution in [3.8, 4) is 11.6 Å². The third-order valence-corrected chi connectivity index (χ3v) is 3.86. The van der Waals surface area contributed by atoms with Crippen LogP contribution in [0.2, 0.25) is 0 Å². The lowest BCUT2D eigenvalue weighted by Gasteiger charge is -2.16. The van der Waals surface area contributed by atoms with Crippen LogP contribution in [0.25, 0.3) is 5.69 Å². The zero-order valence-electron chi connectivity index (χ0n) is 13.5. The lowest BCUT2D eigenvalue weighted by Crippen LogP contribution is -2.05. The van der Waals surface area contributed by atoms with Gasteiger partial charge in [0.25, 0.3) is 0 Å². The van der Waals surface area contributed by atoms with Gasteiger partial charge in [0, 0.05) is 17.8 Å². The quantitative estimate of drug-likeness (QED) is 0.763. The Labute approximate surface area is 127 Å². The van der Waals surface area contributed by atoms with E-state index < -0.39 is 0 Å². The Kier molecular flexibility index (Phi) is 5.37. The number of imidazole rings is 1. The van der Waals surface area contributed by atoms with Gasteiger partial charge in [0.05, 0.1) is 19.1 Å². The van der Waals surface area contributed by atoms with Crippen LogP contribution in [0.4, 0.5) is 0 Å². The molecule has 2 aromatic heterocycles. The van der Waals surface area contributed by atoms with Crippen LogP contribution in [0.15, 0.2) is 24.7 Å². The van der Waals surface area contributed by atoms with Crippen molar-refractivity contribution in [3.63, 3.8) is 0 Å². The summed E-state index contributed by atoms with van der Waals surface area (Å²) in [5.74, 6) is 1.18. The fourth-order valence-electron chi connectivity index (χ4n) is 2.59. The maximum atomic E-state index is 5.49. The summed E-state index contributed by atoms with van der Waals surface area (Å²) in [5.41, 5.74) is 3.05. The Morgan fingerprint density at radius 2 is 2.10 bits per heavy atom. The van der Waals surface area contributed by atoms with E-state index in [0.717, 1.165) is 23.5 Å². The Balaban J connectivity index is 2.31. The molecule has 4 heteroatoms. The molecule has 0 bridgehead atoms. The Bertz CT molecular complexity index is 577. The first-order valence-electron chi connectivity index (χ1n) is 7.75. The van der Waals surface area contributed by atoms with Gasteiger partial charge in [0.1, 0.15) is 5.69 Å². The van der Waals surface area contributed by atoms with E-state index in [1.807, 2.05) is 17.7 Å².